The van der Waals surface area contributed by atoms with Crippen LogP contribution >= 0.6 is 23.1 Å². The fourth-order valence-corrected chi connectivity index (χ4v) is 5.27. The number of ether oxygens (including phenoxy) is 1. The second-order valence-electron chi connectivity index (χ2n) is 7.92. The summed E-state index contributed by atoms with van der Waals surface area (Å²) in [6.45, 7) is 4.05. The highest BCUT2D eigenvalue weighted by molar-refractivity contribution is 8.00. The highest BCUT2D eigenvalue weighted by Crippen LogP contribution is 2.32. The van der Waals surface area contributed by atoms with Crippen molar-refractivity contribution in [2.75, 3.05) is 12.4 Å². The number of carbonyl (C=O) groups excluding carboxylic acids is 1. The normalized spacial score (nSPS) is 16.0. The number of nitrogens with one attached hydrogen (secondary N) is 1. The minimum atomic E-state index is -0.413. The summed E-state index contributed by atoms with van der Waals surface area (Å²) in [5.74, 6) is 1.23. The van der Waals surface area contributed by atoms with E-state index in [1.54, 1.807) is 7.11 Å². The van der Waals surface area contributed by atoms with Crippen LogP contribution in [0.15, 0.2) is 40.7 Å². The Labute approximate surface area is 196 Å². The summed E-state index contributed by atoms with van der Waals surface area (Å²) in [4.78, 5) is 22.1. The highest BCUT2D eigenvalue weighted by Gasteiger charge is 2.23. The Balaban J connectivity index is 1.43. The number of pyridine rings is 1. The summed E-state index contributed by atoms with van der Waals surface area (Å²) >= 11 is 2.70. The number of thiazole rings is 1. The standard InChI is InChI=1S/C24H24N4O2S2/c1-14-4-9-20-17(10-14)11-18(12-25)23(26-20)32-15(2)22(29)28-24-27-21(13-31-24)16-5-7-19(30-3)8-6-16/h5-8,11,13-15H,4,9-10H2,1-3H3,(H,27,28,29). The van der Waals surface area contributed by atoms with Gasteiger partial charge in [-0.2, -0.15) is 5.26 Å². The molecule has 4 rings (SSSR count). The molecule has 2 atom stereocenters. The van der Waals surface area contributed by atoms with E-state index in [1.807, 2.05) is 42.6 Å². The van der Waals surface area contributed by atoms with Gasteiger partial charge in [0.25, 0.3) is 0 Å². The van der Waals surface area contributed by atoms with Crippen molar-refractivity contribution < 1.29 is 9.53 Å². The first-order valence-corrected chi connectivity index (χ1v) is 12.2. The van der Waals surface area contributed by atoms with Gasteiger partial charge < -0.3 is 10.1 Å². The Hall–Kier alpha value is -2.89. The molecule has 32 heavy (non-hydrogen) atoms. The van der Waals surface area contributed by atoms with Crippen molar-refractivity contribution in [3.8, 4) is 23.1 Å². The first kappa shape index (κ1) is 22.3. The number of hydrogen-bond acceptors (Lipinski definition) is 7. The maximum absolute atomic E-state index is 12.8. The van der Waals surface area contributed by atoms with Crippen molar-refractivity contribution in [1.82, 2.24) is 9.97 Å². The molecule has 1 aliphatic carbocycles. The van der Waals surface area contributed by atoms with E-state index in [4.69, 9.17) is 9.72 Å². The van der Waals surface area contributed by atoms with Crippen molar-refractivity contribution in [1.29, 1.82) is 5.26 Å². The predicted octanol–water partition coefficient (Wildman–Crippen LogP) is 5.33. The lowest BCUT2D eigenvalue weighted by Gasteiger charge is -2.22. The second-order valence-corrected chi connectivity index (χ2v) is 10.1. The van der Waals surface area contributed by atoms with Crippen LogP contribution in [0.4, 0.5) is 5.13 Å². The largest absolute Gasteiger partial charge is 0.497 e. The number of aryl methyl sites for hydroxylation is 1. The number of thioether (sulfide) groups is 1. The van der Waals surface area contributed by atoms with Gasteiger partial charge in [0.05, 0.1) is 23.6 Å². The molecule has 0 aliphatic heterocycles. The summed E-state index contributed by atoms with van der Waals surface area (Å²) < 4.78 is 5.19. The highest BCUT2D eigenvalue weighted by atomic mass is 32.2. The van der Waals surface area contributed by atoms with E-state index >= 15 is 0 Å². The van der Waals surface area contributed by atoms with Crippen molar-refractivity contribution in [3.63, 3.8) is 0 Å². The molecule has 0 fully saturated rings. The number of nitriles is 1. The Morgan fingerprint density at radius 3 is 2.84 bits per heavy atom. The monoisotopic (exact) mass is 464 g/mol. The second kappa shape index (κ2) is 9.72. The lowest BCUT2D eigenvalue weighted by atomic mass is 9.87. The molecule has 2 aromatic heterocycles. The quantitative estimate of drug-likeness (QED) is 0.496. The third kappa shape index (κ3) is 4.95. The molecule has 1 aliphatic rings. The number of rotatable bonds is 6. The van der Waals surface area contributed by atoms with Crippen LogP contribution in [0.1, 0.15) is 37.1 Å². The number of methoxy groups -OCH3 is 1. The molecular formula is C24H24N4O2S2. The number of amides is 1. The van der Waals surface area contributed by atoms with Crippen LogP contribution in [0.3, 0.4) is 0 Å². The molecule has 6 nitrogen and oxygen atoms in total. The van der Waals surface area contributed by atoms with Crippen LogP contribution in [0.2, 0.25) is 0 Å². The lowest BCUT2D eigenvalue weighted by Crippen LogP contribution is -2.23. The lowest BCUT2D eigenvalue weighted by molar-refractivity contribution is -0.115. The molecular weight excluding hydrogens is 440 g/mol. The van der Waals surface area contributed by atoms with Gasteiger partial charge in [0.15, 0.2) is 5.13 Å². The Morgan fingerprint density at radius 2 is 2.12 bits per heavy atom. The maximum Gasteiger partial charge on any atom is 0.239 e. The fourth-order valence-electron chi connectivity index (χ4n) is 3.65. The van der Waals surface area contributed by atoms with Crippen LogP contribution in [0, 0.1) is 17.2 Å². The molecule has 2 heterocycles. The van der Waals surface area contributed by atoms with E-state index in [1.165, 1.54) is 23.1 Å². The number of fused-ring (bicyclic) bond motifs is 1. The Morgan fingerprint density at radius 1 is 1.34 bits per heavy atom. The topological polar surface area (TPSA) is 87.9 Å². The number of anilines is 1. The molecule has 0 bridgehead atoms. The summed E-state index contributed by atoms with van der Waals surface area (Å²) in [6, 6.07) is 11.8. The van der Waals surface area contributed by atoms with Gasteiger partial charge in [0.1, 0.15) is 16.8 Å². The van der Waals surface area contributed by atoms with Crippen molar-refractivity contribution in [3.05, 3.63) is 52.5 Å². The van der Waals surface area contributed by atoms with Crippen LogP contribution in [0.25, 0.3) is 11.3 Å². The van der Waals surface area contributed by atoms with Gasteiger partial charge in [-0.1, -0.05) is 18.7 Å². The van der Waals surface area contributed by atoms with Gasteiger partial charge in [0.2, 0.25) is 5.91 Å². The van der Waals surface area contributed by atoms with Crippen LogP contribution in [0.5, 0.6) is 5.75 Å². The maximum atomic E-state index is 12.8. The zero-order chi connectivity index (χ0) is 22.7. The minimum Gasteiger partial charge on any atom is -0.497 e. The van der Waals surface area contributed by atoms with Crippen molar-refractivity contribution in [2.45, 2.75) is 43.4 Å². The molecule has 0 saturated carbocycles. The SMILES string of the molecule is COc1ccc(-c2csc(NC(=O)C(C)Sc3nc4c(cc3C#N)CC(C)CC4)n2)cc1. The van der Waals surface area contributed by atoms with Gasteiger partial charge in [-0.05, 0) is 68.0 Å². The summed E-state index contributed by atoms with van der Waals surface area (Å²) in [5.41, 5.74) is 4.51. The molecule has 164 valence electrons. The van der Waals surface area contributed by atoms with Gasteiger partial charge in [-0.3, -0.25) is 4.79 Å². The summed E-state index contributed by atoms with van der Waals surface area (Å²) in [7, 11) is 1.63. The summed E-state index contributed by atoms with van der Waals surface area (Å²) in [6.07, 6.45) is 2.98. The van der Waals surface area contributed by atoms with E-state index < -0.39 is 5.25 Å². The van der Waals surface area contributed by atoms with E-state index in [0.717, 1.165) is 47.5 Å². The molecule has 0 saturated heterocycles. The zero-order valence-corrected chi connectivity index (χ0v) is 19.8. The van der Waals surface area contributed by atoms with Crippen LogP contribution in [-0.2, 0) is 17.6 Å². The van der Waals surface area contributed by atoms with Gasteiger partial charge in [0, 0.05) is 16.6 Å². The molecule has 1 aromatic carbocycles. The van der Waals surface area contributed by atoms with Gasteiger partial charge >= 0.3 is 0 Å². The van der Waals surface area contributed by atoms with E-state index in [2.05, 4.69) is 23.3 Å². The van der Waals surface area contributed by atoms with E-state index in [9.17, 15) is 10.1 Å². The number of aromatic nitrogens is 2. The first-order valence-electron chi connectivity index (χ1n) is 10.5. The minimum absolute atomic E-state index is 0.164. The first-order chi connectivity index (χ1) is 15.5. The van der Waals surface area contributed by atoms with Crippen molar-refractivity contribution >= 4 is 34.1 Å². The summed E-state index contributed by atoms with van der Waals surface area (Å²) in [5, 5.41) is 15.2. The van der Waals surface area contributed by atoms with Gasteiger partial charge in [-0.15, -0.1) is 11.3 Å². The average molecular weight is 465 g/mol. The van der Waals surface area contributed by atoms with Gasteiger partial charge in [-0.25, -0.2) is 9.97 Å². The van der Waals surface area contributed by atoms with E-state index in [0.29, 0.717) is 21.6 Å². The average Bonchev–Trinajstić information content (AvgIpc) is 3.27. The molecule has 1 amide bonds. The van der Waals surface area contributed by atoms with Crippen molar-refractivity contribution in [2.24, 2.45) is 5.92 Å². The Kier molecular flexibility index (Phi) is 6.77. The van der Waals surface area contributed by atoms with Crippen LogP contribution in [-0.4, -0.2) is 28.2 Å². The molecule has 8 heteroatoms. The number of nitrogens with zero attached hydrogens (tertiary/aromatic N) is 3. The molecule has 3 aromatic rings. The van der Waals surface area contributed by atoms with Crippen LogP contribution < -0.4 is 10.1 Å². The third-order valence-corrected chi connectivity index (χ3v) is 7.36. The fraction of sp³-hybridized carbons (Fsp3) is 0.333. The molecule has 0 radical (unpaired) electrons. The third-order valence-electron chi connectivity index (χ3n) is 5.50. The Bertz CT molecular complexity index is 1170. The van der Waals surface area contributed by atoms with E-state index in [-0.39, 0.29) is 5.91 Å². The molecule has 1 N–H and O–H groups in total. The number of benzene rings is 1. The molecule has 0 spiro atoms. The predicted molar refractivity (Wildman–Crippen MR) is 128 cm³/mol. The zero-order valence-electron chi connectivity index (χ0n) is 18.2. The smallest absolute Gasteiger partial charge is 0.239 e. The number of carbonyl (C=O) groups is 1. The molecule has 2 unspecified atom stereocenters. The number of hydrogen-bond donors (Lipinski definition) is 1.